The predicted octanol–water partition coefficient (Wildman–Crippen LogP) is 3.91. The lowest BCUT2D eigenvalue weighted by Crippen LogP contribution is -2.31. The van der Waals surface area contributed by atoms with Crippen molar-refractivity contribution in [1.82, 2.24) is 0 Å². The molecule has 0 bridgehead atoms. The van der Waals surface area contributed by atoms with Gasteiger partial charge in [-0.25, -0.2) is 0 Å². The standard InChI is InChI=1S/C16H15ClO/c17-14-9-8-12-5-4-10-16(18,15(12)11-14)13-6-2-1-3-7-13/h1-3,6-9,11,18H,4-5,10H2. The minimum atomic E-state index is -0.889. The molecule has 1 aliphatic carbocycles. The summed E-state index contributed by atoms with van der Waals surface area (Å²) >= 11 is 6.08. The summed E-state index contributed by atoms with van der Waals surface area (Å²) in [5.74, 6) is 0. The van der Waals surface area contributed by atoms with Crippen LogP contribution in [0.4, 0.5) is 0 Å². The van der Waals surface area contributed by atoms with Gasteiger partial charge in [0.2, 0.25) is 0 Å². The molecule has 1 unspecified atom stereocenters. The van der Waals surface area contributed by atoms with Crippen molar-refractivity contribution in [1.29, 1.82) is 0 Å². The Bertz CT molecular complexity index is 565. The van der Waals surface area contributed by atoms with Crippen molar-refractivity contribution in [3.63, 3.8) is 0 Å². The first kappa shape index (κ1) is 11.8. The predicted molar refractivity (Wildman–Crippen MR) is 73.8 cm³/mol. The van der Waals surface area contributed by atoms with Crippen LogP contribution in [0.3, 0.4) is 0 Å². The molecular weight excluding hydrogens is 244 g/mol. The van der Waals surface area contributed by atoms with E-state index in [0.29, 0.717) is 5.02 Å². The molecule has 1 atom stereocenters. The largest absolute Gasteiger partial charge is 0.380 e. The first-order valence-corrected chi connectivity index (χ1v) is 6.65. The average Bonchev–Trinajstić information content (AvgIpc) is 2.41. The van der Waals surface area contributed by atoms with Crippen molar-refractivity contribution < 1.29 is 5.11 Å². The van der Waals surface area contributed by atoms with Gasteiger partial charge in [0.25, 0.3) is 0 Å². The van der Waals surface area contributed by atoms with E-state index in [4.69, 9.17) is 11.6 Å². The van der Waals surface area contributed by atoms with Gasteiger partial charge in [-0.1, -0.05) is 48.0 Å². The van der Waals surface area contributed by atoms with Crippen LogP contribution in [-0.4, -0.2) is 5.11 Å². The van der Waals surface area contributed by atoms with E-state index in [9.17, 15) is 5.11 Å². The van der Waals surface area contributed by atoms with Crippen LogP contribution in [0.1, 0.15) is 29.5 Å². The van der Waals surface area contributed by atoms with Crippen LogP contribution in [0.15, 0.2) is 48.5 Å². The number of fused-ring (bicyclic) bond motifs is 1. The first-order valence-electron chi connectivity index (χ1n) is 6.27. The van der Waals surface area contributed by atoms with E-state index in [1.807, 2.05) is 48.5 Å². The summed E-state index contributed by atoms with van der Waals surface area (Å²) in [6, 6.07) is 15.7. The molecule has 1 nitrogen and oxygen atoms in total. The summed E-state index contributed by atoms with van der Waals surface area (Å²) in [5.41, 5.74) is 2.23. The Morgan fingerprint density at radius 3 is 2.61 bits per heavy atom. The highest BCUT2D eigenvalue weighted by Gasteiger charge is 2.35. The van der Waals surface area contributed by atoms with E-state index >= 15 is 0 Å². The number of hydrogen-bond donors (Lipinski definition) is 1. The molecule has 1 aliphatic rings. The maximum Gasteiger partial charge on any atom is 0.115 e. The third-order valence-corrected chi connectivity index (χ3v) is 3.99. The molecule has 0 saturated carbocycles. The molecule has 0 fully saturated rings. The zero-order valence-corrected chi connectivity index (χ0v) is 10.8. The smallest absolute Gasteiger partial charge is 0.115 e. The monoisotopic (exact) mass is 258 g/mol. The number of rotatable bonds is 1. The van der Waals surface area contributed by atoms with Crippen molar-refractivity contribution in [3.8, 4) is 0 Å². The highest BCUT2D eigenvalue weighted by atomic mass is 35.5. The maximum atomic E-state index is 11.1. The fourth-order valence-corrected chi connectivity index (χ4v) is 3.01. The minimum Gasteiger partial charge on any atom is -0.380 e. The number of benzene rings is 2. The highest BCUT2D eigenvalue weighted by Crippen LogP contribution is 2.41. The Hall–Kier alpha value is -1.31. The Morgan fingerprint density at radius 1 is 1.06 bits per heavy atom. The minimum absolute atomic E-state index is 0.685. The second kappa shape index (κ2) is 4.42. The van der Waals surface area contributed by atoms with Crippen molar-refractivity contribution in [3.05, 3.63) is 70.2 Å². The Balaban J connectivity index is 2.18. The third-order valence-electron chi connectivity index (χ3n) is 3.75. The molecule has 0 amide bonds. The van der Waals surface area contributed by atoms with Gasteiger partial charge in [-0.3, -0.25) is 0 Å². The van der Waals surface area contributed by atoms with E-state index in [0.717, 1.165) is 30.4 Å². The molecule has 0 saturated heterocycles. The van der Waals surface area contributed by atoms with E-state index in [1.54, 1.807) is 0 Å². The van der Waals surface area contributed by atoms with E-state index in [1.165, 1.54) is 5.56 Å². The van der Waals surface area contributed by atoms with Gasteiger partial charge < -0.3 is 5.11 Å². The Morgan fingerprint density at radius 2 is 1.83 bits per heavy atom. The summed E-state index contributed by atoms with van der Waals surface area (Å²) in [6.45, 7) is 0. The topological polar surface area (TPSA) is 20.2 Å². The summed E-state index contributed by atoms with van der Waals surface area (Å²) < 4.78 is 0. The molecule has 92 valence electrons. The van der Waals surface area contributed by atoms with Gasteiger partial charge in [-0.15, -0.1) is 0 Å². The average molecular weight is 259 g/mol. The Kier molecular flexibility index (Phi) is 2.89. The molecule has 1 N–H and O–H groups in total. The van der Waals surface area contributed by atoms with E-state index in [-0.39, 0.29) is 0 Å². The summed E-state index contributed by atoms with van der Waals surface area (Å²) in [4.78, 5) is 0. The lowest BCUT2D eigenvalue weighted by Gasteiger charge is -2.35. The van der Waals surface area contributed by atoms with Crippen LogP contribution in [0.2, 0.25) is 5.02 Å². The summed E-state index contributed by atoms with van der Waals surface area (Å²) in [5, 5.41) is 11.7. The SMILES string of the molecule is OC1(c2ccccc2)CCCc2ccc(Cl)cc21. The normalized spacial score (nSPS) is 22.6. The highest BCUT2D eigenvalue weighted by molar-refractivity contribution is 6.30. The van der Waals surface area contributed by atoms with Crippen LogP contribution in [-0.2, 0) is 12.0 Å². The zero-order valence-electron chi connectivity index (χ0n) is 10.1. The fraction of sp³-hybridized carbons (Fsp3) is 0.250. The molecule has 2 aromatic rings. The van der Waals surface area contributed by atoms with Gasteiger partial charge in [0.1, 0.15) is 5.60 Å². The molecule has 0 aliphatic heterocycles. The van der Waals surface area contributed by atoms with Crippen LogP contribution in [0.5, 0.6) is 0 Å². The number of halogens is 1. The molecule has 0 radical (unpaired) electrons. The quantitative estimate of drug-likeness (QED) is 0.822. The van der Waals surface area contributed by atoms with Crippen molar-refractivity contribution >= 4 is 11.6 Å². The third kappa shape index (κ3) is 1.84. The molecule has 3 rings (SSSR count). The van der Waals surface area contributed by atoms with Crippen LogP contribution >= 0.6 is 11.6 Å². The molecule has 2 heteroatoms. The van der Waals surface area contributed by atoms with Gasteiger partial charge in [0.15, 0.2) is 0 Å². The van der Waals surface area contributed by atoms with Gasteiger partial charge >= 0.3 is 0 Å². The fourth-order valence-electron chi connectivity index (χ4n) is 2.83. The summed E-state index contributed by atoms with van der Waals surface area (Å²) in [7, 11) is 0. The van der Waals surface area contributed by atoms with Crippen molar-refractivity contribution in [2.75, 3.05) is 0 Å². The van der Waals surface area contributed by atoms with Crippen molar-refractivity contribution in [2.24, 2.45) is 0 Å². The molecule has 0 aromatic heterocycles. The lowest BCUT2D eigenvalue weighted by atomic mass is 9.75. The molecule has 0 spiro atoms. The number of aliphatic hydroxyl groups is 1. The second-order valence-electron chi connectivity index (χ2n) is 4.88. The second-order valence-corrected chi connectivity index (χ2v) is 5.32. The molecule has 18 heavy (non-hydrogen) atoms. The lowest BCUT2D eigenvalue weighted by molar-refractivity contribution is 0.0616. The van der Waals surface area contributed by atoms with Crippen molar-refractivity contribution in [2.45, 2.75) is 24.9 Å². The molecule has 2 aromatic carbocycles. The van der Waals surface area contributed by atoms with Gasteiger partial charge in [-0.2, -0.15) is 0 Å². The number of aryl methyl sites for hydroxylation is 1. The molecular formula is C16H15ClO. The van der Waals surface area contributed by atoms with Crippen LogP contribution < -0.4 is 0 Å². The number of hydrogen-bond acceptors (Lipinski definition) is 1. The maximum absolute atomic E-state index is 11.1. The summed E-state index contributed by atoms with van der Waals surface area (Å²) in [6.07, 6.45) is 2.77. The first-order chi connectivity index (χ1) is 8.70. The van der Waals surface area contributed by atoms with Gasteiger partial charge in [-0.05, 0) is 48.1 Å². The Labute approximate surface area is 112 Å². The van der Waals surface area contributed by atoms with Crippen LogP contribution in [0, 0.1) is 0 Å². The van der Waals surface area contributed by atoms with Gasteiger partial charge in [0, 0.05) is 5.02 Å². The van der Waals surface area contributed by atoms with E-state index < -0.39 is 5.60 Å². The van der Waals surface area contributed by atoms with Gasteiger partial charge in [0.05, 0.1) is 0 Å². The van der Waals surface area contributed by atoms with E-state index in [2.05, 4.69) is 0 Å². The zero-order chi connectivity index (χ0) is 12.6. The molecule has 0 heterocycles. The van der Waals surface area contributed by atoms with Crippen LogP contribution in [0.25, 0.3) is 0 Å².